The van der Waals surface area contributed by atoms with E-state index in [4.69, 9.17) is 4.74 Å². The summed E-state index contributed by atoms with van der Waals surface area (Å²) in [5.41, 5.74) is 0.392. The normalized spacial score (nSPS) is 16.2. The molecule has 24 heavy (non-hydrogen) atoms. The quantitative estimate of drug-likeness (QED) is 0.802. The number of nitrogens with zero attached hydrogens (tertiary/aromatic N) is 1. The Bertz CT molecular complexity index is 683. The summed E-state index contributed by atoms with van der Waals surface area (Å²) >= 11 is 0. The molecule has 1 fully saturated rings. The predicted molar refractivity (Wildman–Crippen MR) is 92.7 cm³/mol. The fraction of sp³-hybridized carbons (Fsp3) is 0.562. The zero-order valence-corrected chi connectivity index (χ0v) is 15.1. The van der Waals surface area contributed by atoms with Gasteiger partial charge in [-0.3, -0.25) is 4.79 Å². The monoisotopic (exact) mass is 355 g/mol. The van der Waals surface area contributed by atoms with Crippen molar-refractivity contribution in [1.82, 2.24) is 9.62 Å². The number of ether oxygens (including phenoxy) is 1. The van der Waals surface area contributed by atoms with Gasteiger partial charge in [0.05, 0.1) is 17.2 Å². The van der Waals surface area contributed by atoms with Crippen LogP contribution >= 0.6 is 0 Å². The van der Waals surface area contributed by atoms with Gasteiger partial charge in [-0.1, -0.05) is 0 Å². The number of carbonyl (C=O) groups is 1. The van der Waals surface area contributed by atoms with Crippen LogP contribution in [0.4, 0.5) is 5.69 Å². The van der Waals surface area contributed by atoms with E-state index in [1.165, 1.54) is 26.2 Å². The van der Waals surface area contributed by atoms with E-state index >= 15 is 0 Å². The number of amides is 1. The summed E-state index contributed by atoms with van der Waals surface area (Å²) in [5.74, 6) is 0.296. The van der Waals surface area contributed by atoms with Crippen molar-refractivity contribution in [1.29, 1.82) is 0 Å². The maximum atomic E-state index is 12.5. The van der Waals surface area contributed by atoms with E-state index in [1.54, 1.807) is 6.07 Å². The van der Waals surface area contributed by atoms with Crippen LogP contribution in [0.25, 0.3) is 0 Å². The second kappa shape index (κ2) is 7.96. The first kappa shape index (κ1) is 18.7. The third kappa shape index (κ3) is 4.25. The van der Waals surface area contributed by atoms with E-state index in [-0.39, 0.29) is 16.7 Å². The molecule has 0 aliphatic carbocycles. The molecule has 0 spiro atoms. The van der Waals surface area contributed by atoms with Crippen LogP contribution in [-0.2, 0) is 14.8 Å². The van der Waals surface area contributed by atoms with E-state index in [2.05, 4.69) is 10.6 Å². The molecule has 1 aromatic rings. The number of anilines is 1. The Hall–Kier alpha value is -1.64. The molecule has 1 heterocycles. The van der Waals surface area contributed by atoms with E-state index in [0.29, 0.717) is 18.0 Å². The molecule has 0 bridgehead atoms. The highest BCUT2D eigenvalue weighted by Crippen LogP contribution is 2.29. The topological polar surface area (TPSA) is 87.7 Å². The van der Waals surface area contributed by atoms with Gasteiger partial charge in [0.1, 0.15) is 5.75 Å². The Morgan fingerprint density at radius 3 is 2.58 bits per heavy atom. The van der Waals surface area contributed by atoms with Crippen molar-refractivity contribution >= 4 is 21.6 Å². The van der Waals surface area contributed by atoms with Crippen molar-refractivity contribution in [2.24, 2.45) is 5.92 Å². The second-order valence-corrected chi connectivity index (χ2v) is 8.04. The smallest absolute Gasteiger partial charge is 0.242 e. The van der Waals surface area contributed by atoms with Gasteiger partial charge in [-0.25, -0.2) is 12.7 Å². The summed E-state index contributed by atoms with van der Waals surface area (Å²) in [6.07, 6.45) is 1.54. The lowest BCUT2D eigenvalue weighted by molar-refractivity contribution is -0.120. The van der Waals surface area contributed by atoms with Crippen molar-refractivity contribution < 1.29 is 17.9 Å². The zero-order chi connectivity index (χ0) is 17.7. The summed E-state index contributed by atoms with van der Waals surface area (Å²) in [6, 6.07) is 4.53. The number of nitrogens with one attached hydrogen (secondary N) is 2. The third-order valence-corrected chi connectivity index (χ3v) is 5.81. The summed E-state index contributed by atoms with van der Waals surface area (Å²) in [4.78, 5) is 12.6. The first-order chi connectivity index (χ1) is 11.4. The molecular weight excluding hydrogens is 330 g/mol. The number of benzene rings is 1. The van der Waals surface area contributed by atoms with Gasteiger partial charge in [0.2, 0.25) is 15.9 Å². The molecule has 2 N–H and O–H groups in total. The van der Waals surface area contributed by atoms with Crippen LogP contribution in [0, 0.1) is 5.92 Å². The summed E-state index contributed by atoms with van der Waals surface area (Å²) in [7, 11) is -0.633. The molecule has 0 radical (unpaired) electrons. The molecule has 0 atom stereocenters. The van der Waals surface area contributed by atoms with Gasteiger partial charge in [0.25, 0.3) is 0 Å². The standard InChI is InChI=1S/C16H25N3O4S/c1-4-23-15-6-5-13(24(21,22)19(2)3)11-14(15)18-16(20)12-7-9-17-10-8-12/h5-6,11-12,17H,4,7-10H2,1-3H3,(H,18,20). The molecule has 1 aliphatic heterocycles. The second-order valence-electron chi connectivity index (χ2n) is 5.89. The fourth-order valence-electron chi connectivity index (χ4n) is 2.58. The summed E-state index contributed by atoms with van der Waals surface area (Å²) < 4.78 is 31.3. The highest BCUT2D eigenvalue weighted by Gasteiger charge is 2.24. The minimum atomic E-state index is -3.58. The largest absolute Gasteiger partial charge is 0.492 e. The molecule has 0 aromatic heterocycles. The van der Waals surface area contributed by atoms with Gasteiger partial charge in [0, 0.05) is 20.0 Å². The molecule has 2 rings (SSSR count). The van der Waals surface area contributed by atoms with Gasteiger partial charge in [-0.2, -0.15) is 0 Å². The maximum absolute atomic E-state index is 12.5. The minimum absolute atomic E-state index is 0.0742. The molecule has 1 aromatic carbocycles. The molecular formula is C16H25N3O4S. The number of rotatable bonds is 6. The van der Waals surface area contributed by atoms with Crippen LogP contribution in [0.15, 0.2) is 23.1 Å². The lowest BCUT2D eigenvalue weighted by Crippen LogP contribution is -2.34. The number of hydrogen-bond donors (Lipinski definition) is 2. The SMILES string of the molecule is CCOc1ccc(S(=O)(=O)N(C)C)cc1NC(=O)C1CCNCC1. The number of sulfonamides is 1. The first-order valence-electron chi connectivity index (χ1n) is 8.07. The highest BCUT2D eigenvalue weighted by atomic mass is 32.2. The van der Waals surface area contributed by atoms with Crippen LogP contribution in [0.1, 0.15) is 19.8 Å². The Morgan fingerprint density at radius 1 is 1.33 bits per heavy atom. The van der Waals surface area contributed by atoms with Crippen LogP contribution in [0.3, 0.4) is 0 Å². The van der Waals surface area contributed by atoms with E-state index < -0.39 is 10.0 Å². The molecule has 1 saturated heterocycles. The van der Waals surface area contributed by atoms with Crippen LogP contribution in [0.5, 0.6) is 5.75 Å². The lowest BCUT2D eigenvalue weighted by atomic mass is 9.97. The molecule has 134 valence electrons. The van der Waals surface area contributed by atoms with Gasteiger partial charge in [-0.05, 0) is 51.1 Å². The molecule has 1 aliphatic rings. The molecule has 7 nitrogen and oxygen atoms in total. The first-order valence-corrected chi connectivity index (χ1v) is 9.51. The molecule has 8 heteroatoms. The average molecular weight is 355 g/mol. The molecule has 0 unspecified atom stereocenters. The van der Waals surface area contributed by atoms with Gasteiger partial charge < -0.3 is 15.4 Å². The number of piperidine rings is 1. The summed E-state index contributed by atoms with van der Waals surface area (Å²) in [6.45, 7) is 3.88. The molecule has 0 saturated carbocycles. The minimum Gasteiger partial charge on any atom is -0.492 e. The Balaban J connectivity index is 2.29. The van der Waals surface area contributed by atoms with Crippen molar-refractivity contribution in [2.75, 3.05) is 39.1 Å². The van der Waals surface area contributed by atoms with Crippen LogP contribution in [0.2, 0.25) is 0 Å². The Morgan fingerprint density at radius 2 is 2.00 bits per heavy atom. The lowest BCUT2D eigenvalue weighted by Gasteiger charge is -2.22. The fourth-order valence-corrected chi connectivity index (χ4v) is 3.51. The zero-order valence-electron chi connectivity index (χ0n) is 14.3. The Kier molecular flexibility index (Phi) is 6.20. The summed E-state index contributed by atoms with van der Waals surface area (Å²) in [5, 5.41) is 6.06. The van der Waals surface area contributed by atoms with Gasteiger partial charge >= 0.3 is 0 Å². The van der Waals surface area contributed by atoms with Crippen molar-refractivity contribution in [3.8, 4) is 5.75 Å². The van der Waals surface area contributed by atoms with Crippen LogP contribution in [-0.4, -0.2) is 52.4 Å². The predicted octanol–water partition coefficient (Wildman–Crippen LogP) is 1.27. The Labute approximate surface area is 143 Å². The number of hydrogen-bond acceptors (Lipinski definition) is 5. The van der Waals surface area contributed by atoms with Crippen molar-refractivity contribution in [3.63, 3.8) is 0 Å². The average Bonchev–Trinajstić information content (AvgIpc) is 2.57. The molecule has 1 amide bonds. The van der Waals surface area contributed by atoms with Gasteiger partial charge in [0.15, 0.2) is 0 Å². The highest BCUT2D eigenvalue weighted by molar-refractivity contribution is 7.89. The van der Waals surface area contributed by atoms with Crippen LogP contribution < -0.4 is 15.4 Å². The van der Waals surface area contributed by atoms with E-state index in [9.17, 15) is 13.2 Å². The number of carbonyl (C=O) groups excluding carboxylic acids is 1. The van der Waals surface area contributed by atoms with Crippen molar-refractivity contribution in [2.45, 2.75) is 24.7 Å². The maximum Gasteiger partial charge on any atom is 0.242 e. The van der Waals surface area contributed by atoms with E-state index in [1.807, 2.05) is 6.92 Å². The van der Waals surface area contributed by atoms with Gasteiger partial charge in [-0.15, -0.1) is 0 Å². The van der Waals surface area contributed by atoms with E-state index in [0.717, 1.165) is 30.2 Å². The van der Waals surface area contributed by atoms with Crippen molar-refractivity contribution in [3.05, 3.63) is 18.2 Å². The third-order valence-electron chi connectivity index (χ3n) is 4.00.